The van der Waals surface area contributed by atoms with E-state index in [9.17, 15) is 29.5 Å². The van der Waals surface area contributed by atoms with Crippen molar-refractivity contribution in [2.75, 3.05) is 13.2 Å². The van der Waals surface area contributed by atoms with Gasteiger partial charge in [0.2, 0.25) is 0 Å². The minimum absolute atomic E-state index is 0.111. The van der Waals surface area contributed by atoms with Gasteiger partial charge in [-0.25, -0.2) is 4.57 Å². The summed E-state index contributed by atoms with van der Waals surface area (Å²) < 4.78 is 26.1. The molecule has 0 aromatic heterocycles. The van der Waals surface area contributed by atoms with E-state index in [1.54, 1.807) is 24.3 Å². The fourth-order valence-electron chi connectivity index (χ4n) is 5.46. The molecule has 262 valence electrons. The number of rotatable bonds is 26. The maximum atomic E-state index is 12.3. The van der Waals surface area contributed by atoms with E-state index >= 15 is 0 Å². The van der Waals surface area contributed by atoms with Gasteiger partial charge in [-0.15, -0.1) is 0 Å². The van der Waals surface area contributed by atoms with Crippen molar-refractivity contribution in [3.8, 4) is 0 Å². The first-order valence-corrected chi connectivity index (χ1v) is 18.4. The highest BCUT2D eigenvalue weighted by Gasteiger charge is 2.39. The molecular weight excluding hydrogens is 603 g/mol. The maximum Gasteiger partial charge on any atom is 0.469 e. The summed E-state index contributed by atoms with van der Waals surface area (Å²) in [6, 6.07) is 0. The van der Waals surface area contributed by atoms with Gasteiger partial charge < -0.3 is 34.6 Å². The van der Waals surface area contributed by atoms with Crippen LogP contribution in [0.5, 0.6) is 0 Å². The standard InChI is InChI=1S/C33H59O11P/c1-3-5-7-8-9-10-11-12-14-20-33(38)44-27(25-43-45(39,40)41)24-42-32(37)19-16-15-18-28-29(31(36)23-30(28)35)22-21-26(34)17-13-6-4-2/h15-16,21-22,26-31,34-36H,3-14,17-20,23-25H2,1-2H3,(H2,39,40,41)/b16-15-,22-21+/t26-,27-,28+,29-,30+,31-/m1/s1. The third kappa shape index (κ3) is 21.0. The molecule has 0 bridgehead atoms. The van der Waals surface area contributed by atoms with Gasteiger partial charge >= 0.3 is 19.8 Å². The van der Waals surface area contributed by atoms with Crippen LogP contribution in [-0.2, 0) is 28.2 Å². The lowest BCUT2D eigenvalue weighted by Crippen LogP contribution is -2.29. The molecule has 1 aliphatic carbocycles. The normalized spacial score (nSPS) is 21.8. The summed E-state index contributed by atoms with van der Waals surface area (Å²) in [6.07, 6.45) is 17.7. The van der Waals surface area contributed by atoms with Crippen molar-refractivity contribution in [2.24, 2.45) is 11.8 Å². The van der Waals surface area contributed by atoms with Gasteiger partial charge in [-0.1, -0.05) is 109 Å². The van der Waals surface area contributed by atoms with Gasteiger partial charge in [-0.3, -0.25) is 14.1 Å². The topological polar surface area (TPSA) is 180 Å². The van der Waals surface area contributed by atoms with E-state index in [1.807, 2.05) is 0 Å². The molecule has 0 aromatic carbocycles. The second-order valence-electron chi connectivity index (χ2n) is 12.1. The van der Waals surface area contributed by atoms with Crippen molar-refractivity contribution in [3.05, 3.63) is 24.3 Å². The van der Waals surface area contributed by atoms with Crippen molar-refractivity contribution < 1.29 is 53.3 Å². The lowest BCUT2D eigenvalue weighted by Gasteiger charge is -2.19. The molecule has 1 aliphatic rings. The zero-order valence-electron chi connectivity index (χ0n) is 27.3. The quantitative estimate of drug-likeness (QED) is 0.0334. The van der Waals surface area contributed by atoms with E-state index in [2.05, 4.69) is 18.4 Å². The number of carbonyl (C=O) groups is 2. The van der Waals surface area contributed by atoms with Crippen LogP contribution in [0.25, 0.3) is 0 Å². The van der Waals surface area contributed by atoms with Gasteiger partial charge in [0.1, 0.15) is 6.61 Å². The van der Waals surface area contributed by atoms with E-state index in [0.29, 0.717) is 19.3 Å². The Hall–Kier alpha value is -1.59. The molecule has 45 heavy (non-hydrogen) atoms. The molecule has 1 rings (SSSR count). The summed E-state index contributed by atoms with van der Waals surface area (Å²) in [5, 5.41) is 31.0. The van der Waals surface area contributed by atoms with Crippen molar-refractivity contribution in [1.82, 2.24) is 0 Å². The number of phosphoric ester groups is 1. The first kappa shape index (κ1) is 41.4. The third-order valence-corrected chi connectivity index (χ3v) is 8.56. The number of hydrogen-bond donors (Lipinski definition) is 5. The zero-order valence-corrected chi connectivity index (χ0v) is 28.2. The summed E-state index contributed by atoms with van der Waals surface area (Å²) >= 11 is 0. The van der Waals surface area contributed by atoms with Gasteiger partial charge in [0.25, 0.3) is 0 Å². The monoisotopic (exact) mass is 662 g/mol. The van der Waals surface area contributed by atoms with Gasteiger partial charge in [0.05, 0.1) is 31.3 Å². The molecule has 0 aromatic rings. The summed E-state index contributed by atoms with van der Waals surface area (Å²) in [7, 11) is -4.82. The summed E-state index contributed by atoms with van der Waals surface area (Å²) in [6.45, 7) is 3.23. The molecule has 0 aliphatic heterocycles. The average molecular weight is 663 g/mol. The van der Waals surface area contributed by atoms with E-state index in [4.69, 9.17) is 19.3 Å². The fourth-order valence-corrected chi connectivity index (χ4v) is 5.82. The number of ether oxygens (including phenoxy) is 2. The highest BCUT2D eigenvalue weighted by atomic mass is 31.2. The molecule has 0 unspecified atom stereocenters. The number of esters is 2. The molecule has 11 nitrogen and oxygen atoms in total. The molecular formula is C33H59O11P. The second-order valence-corrected chi connectivity index (χ2v) is 13.4. The van der Waals surface area contributed by atoms with Crippen LogP contribution in [0.4, 0.5) is 0 Å². The zero-order chi connectivity index (χ0) is 33.5. The van der Waals surface area contributed by atoms with Crippen molar-refractivity contribution in [1.29, 1.82) is 0 Å². The minimum Gasteiger partial charge on any atom is -0.461 e. The van der Waals surface area contributed by atoms with Gasteiger partial charge in [0, 0.05) is 18.8 Å². The highest BCUT2D eigenvalue weighted by molar-refractivity contribution is 7.46. The number of carbonyl (C=O) groups excluding carboxylic acids is 2. The van der Waals surface area contributed by atoms with Gasteiger partial charge in [-0.05, 0) is 25.2 Å². The summed E-state index contributed by atoms with van der Waals surface area (Å²) in [5.74, 6) is -1.79. The van der Waals surface area contributed by atoms with E-state index < -0.39 is 57.4 Å². The summed E-state index contributed by atoms with van der Waals surface area (Å²) in [5.41, 5.74) is 0. The van der Waals surface area contributed by atoms with E-state index in [0.717, 1.165) is 38.5 Å². The SMILES string of the molecule is CCCCCCCCCCCC(=O)O[C@H](COC(=O)C/C=C\C[C@H]1[C@@H](/C=C/[C@H](O)CCCCC)[C@H](O)C[C@@H]1O)COP(=O)(O)O. The van der Waals surface area contributed by atoms with Crippen LogP contribution in [-0.4, -0.2) is 74.7 Å². The number of aliphatic hydroxyl groups is 3. The molecule has 0 radical (unpaired) electrons. The Bertz CT molecular complexity index is 903. The van der Waals surface area contributed by atoms with Gasteiger partial charge in [0.15, 0.2) is 6.10 Å². The number of hydrogen-bond acceptors (Lipinski definition) is 9. The average Bonchev–Trinajstić information content (AvgIpc) is 3.25. The first-order chi connectivity index (χ1) is 21.5. The smallest absolute Gasteiger partial charge is 0.461 e. The minimum atomic E-state index is -4.82. The third-order valence-electron chi connectivity index (χ3n) is 8.08. The Labute approximate surface area is 269 Å². The van der Waals surface area contributed by atoms with Crippen LogP contribution in [0.15, 0.2) is 24.3 Å². The van der Waals surface area contributed by atoms with Crippen LogP contribution < -0.4 is 0 Å². The molecule has 0 saturated heterocycles. The lowest BCUT2D eigenvalue weighted by molar-refractivity contribution is -0.160. The Morgan fingerprint density at radius 3 is 2.11 bits per heavy atom. The largest absolute Gasteiger partial charge is 0.469 e. The number of phosphoric acid groups is 1. The molecule has 12 heteroatoms. The van der Waals surface area contributed by atoms with E-state index in [1.165, 1.54) is 32.1 Å². The van der Waals surface area contributed by atoms with Crippen LogP contribution in [0.1, 0.15) is 123 Å². The van der Waals surface area contributed by atoms with Crippen LogP contribution in [0.2, 0.25) is 0 Å². The predicted octanol–water partition coefficient (Wildman–Crippen LogP) is 5.66. The van der Waals surface area contributed by atoms with Crippen LogP contribution in [0.3, 0.4) is 0 Å². The highest BCUT2D eigenvalue weighted by Crippen LogP contribution is 2.37. The molecule has 5 N–H and O–H groups in total. The fraction of sp³-hybridized carbons (Fsp3) is 0.818. The molecule has 0 spiro atoms. The second kappa shape index (κ2) is 24.6. The Kier molecular flexibility index (Phi) is 22.6. The van der Waals surface area contributed by atoms with Crippen molar-refractivity contribution in [2.45, 2.75) is 147 Å². The molecule has 1 fully saturated rings. The van der Waals surface area contributed by atoms with Crippen molar-refractivity contribution >= 4 is 19.8 Å². The molecule has 0 amide bonds. The molecule has 0 heterocycles. The number of aliphatic hydroxyl groups excluding tert-OH is 3. The predicted molar refractivity (Wildman–Crippen MR) is 172 cm³/mol. The lowest BCUT2D eigenvalue weighted by atomic mass is 9.89. The Morgan fingerprint density at radius 1 is 0.844 bits per heavy atom. The van der Waals surface area contributed by atoms with Crippen LogP contribution >= 0.6 is 7.82 Å². The Morgan fingerprint density at radius 2 is 1.47 bits per heavy atom. The Balaban J connectivity index is 2.48. The number of unbranched alkanes of at least 4 members (excludes halogenated alkanes) is 10. The first-order valence-electron chi connectivity index (χ1n) is 16.9. The molecule has 1 saturated carbocycles. The summed E-state index contributed by atoms with van der Waals surface area (Å²) in [4.78, 5) is 42.7. The maximum absolute atomic E-state index is 12.3. The van der Waals surface area contributed by atoms with Gasteiger partial charge in [-0.2, -0.15) is 0 Å². The van der Waals surface area contributed by atoms with Crippen LogP contribution in [0, 0.1) is 11.8 Å². The molecule has 6 atom stereocenters. The van der Waals surface area contributed by atoms with E-state index in [-0.39, 0.29) is 31.1 Å². The number of allylic oxidation sites excluding steroid dienone is 1. The van der Waals surface area contributed by atoms with Crippen molar-refractivity contribution in [3.63, 3.8) is 0 Å².